The molecule has 0 bridgehead atoms. The van der Waals surface area contributed by atoms with Crippen molar-refractivity contribution in [3.63, 3.8) is 0 Å². The van der Waals surface area contributed by atoms with Crippen LogP contribution in [0.15, 0.2) is 35.4 Å². The van der Waals surface area contributed by atoms with Crippen LogP contribution >= 0.6 is 11.5 Å². The minimum Gasteiger partial charge on any atom is -0.478 e. The first-order valence-corrected chi connectivity index (χ1v) is 5.99. The Balaban J connectivity index is 2.12. The standard InChI is InChI=1S/C12H11N3O2S/c1-8-10(12(16)17)11(18-15-8)14-13-7-9-5-3-2-4-6-9/h2-7,14H,1H3,(H,16,17)/b13-7+. The maximum absolute atomic E-state index is 11.0. The quantitative estimate of drug-likeness (QED) is 0.655. The molecule has 0 amide bonds. The van der Waals surface area contributed by atoms with Crippen molar-refractivity contribution in [3.8, 4) is 0 Å². The number of carbonyl (C=O) groups is 1. The van der Waals surface area contributed by atoms with Gasteiger partial charge in [0.1, 0.15) is 10.6 Å². The molecule has 2 aromatic rings. The second-order valence-electron chi connectivity index (χ2n) is 3.56. The number of rotatable bonds is 4. The number of hydrogen-bond acceptors (Lipinski definition) is 5. The van der Waals surface area contributed by atoms with Gasteiger partial charge in [0, 0.05) is 0 Å². The summed E-state index contributed by atoms with van der Waals surface area (Å²) in [5.41, 5.74) is 4.30. The molecule has 5 nitrogen and oxygen atoms in total. The Bertz CT molecular complexity index is 578. The van der Waals surface area contributed by atoms with Crippen LogP contribution in [-0.4, -0.2) is 21.7 Å². The first kappa shape index (κ1) is 12.3. The van der Waals surface area contributed by atoms with E-state index in [0.29, 0.717) is 10.7 Å². The van der Waals surface area contributed by atoms with Crippen LogP contribution in [0, 0.1) is 6.92 Å². The molecular formula is C12H11N3O2S. The second-order valence-corrected chi connectivity index (χ2v) is 4.33. The lowest BCUT2D eigenvalue weighted by Gasteiger charge is -1.97. The number of carboxylic acid groups (broad SMARTS) is 1. The molecule has 1 aromatic carbocycles. The lowest BCUT2D eigenvalue weighted by atomic mass is 10.2. The van der Waals surface area contributed by atoms with Gasteiger partial charge in [0.25, 0.3) is 0 Å². The molecular weight excluding hydrogens is 250 g/mol. The number of anilines is 1. The fourth-order valence-electron chi connectivity index (χ4n) is 1.40. The van der Waals surface area contributed by atoms with Crippen molar-refractivity contribution in [1.82, 2.24) is 4.37 Å². The van der Waals surface area contributed by atoms with E-state index < -0.39 is 5.97 Å². The fraction of sp³-hybridized carbons (Fsp3) is 0.0833. The van der Waals surface area contributed by atoms with Gasteiger partial charge in [-0.2, -0.15) is 9.47 Å². The smallest absolute Gasteiger partial charge is 0.340 e. The van der Waals surface area contributed by atoms with Gasteiger partial charge in [-0.25, -0.2) is 4.79 Å². The molecule has 2 rings (SSSR count). The second kappa shape index (κ2) is 5.42. The third-order valence-electron chi connectivity index (χ3n) is 2.26. The zero-order valence-electron chi connectivity index (χ0n) is 9.62. The number of nitrogens with one attached hydrogen (secondary N) is 1. The van der Waals surface area contributed by atoms with Gasteiger partial charge in [-0.3, -0.25) is 5.43 Å². The number of carboxylic acids is 1. The van der Waals surface area contributed by atoms with E-state index in [1.807, 2.05) is 30.3 Å². The number of nitrogens with zero attached hydrogens (tertiary/aromatic N) is 2. The molecule has 0 saturated carbocycles. The summed E-state index contributed by atoms with van der Waals surface area (Å²) < 4.78 is 3.99. The molecule has 0 radical (unpaired) electrons. The summed E-state index contributed by atoms with van der Waals surface area (Å²) in [6, 6.07) is 9.53. The number of benzene rings is 1. The molecule has 2 N–H and O–H groups in total. The zero-order valence-corrected chi connectivity index (χ0v) is 10.4. The van der Waals surface area contributed by atoms with Crippen molar-refractivity contribution in [2.24, 2.45) is 5.10 Å². The van der Waals surface area contributed by atoms with Crippen LogP contribution in [0.25, 0.3) is 0 Å². The predicted molar refractivity (Wildman–Crippen MR) is 71.5 cm³/mol. The van der Waals surface area contributed by atoms with Crippen LogP contribution in [0.5, 0.6) is 0 Å². The topological polar surface area (TPSA) is 74.6 Å². The van der Waals surface area contributed by atoms with Crippen molar-refractivity contribution in [1.29, 1.82) is 0 Å². The molecule has 0 spiro atoms. The van der Waals surface area contributed by atoms with Gasteiger partial charge in [0.15, 0.2) is 0 Å². The Kier molecular flexibility index (Phi) is 3.69. The number of aromatic carboxylic acids is 1. The van der Waals surface area contributed by atoms with Gasteiger partial charge in [0.05, 0.1) is 11.9 Å². The number of aryl methyl sites for hydroxylation is 1. The Morgan fingerprint density at radius 3 is 2.83 bits per heavy atom. The minimum absolute atomic E-state index is 0.171. The number of aromatic nitrogens is 1. The van der Waals surface area contributed by atoms with Crippen LogP contribution in [0.4, 0.5) is 5.00 Å². The van der Waals surface area contributed by atoms with Crippen LogP contribution in [0.1, 0.15) is 21.6 Å². The Morgan fingerprint density at radius 2 is 2.17 bits per heavy atom. The predicted octanol–water partition coefficient (Wildman–Crippen LogP) is 2.60. The Labute approximate surface area is 108 Å². The van der Waals surface area contributed by atoms with E-state index in [1.54, 1.807) is 13.1 Å². The third-order valence-corrected chi connectivity index (χ3v) is 3.10. The molecule has 1 heterocycles. The van der Waals surface area contributed by atoms with Crippen molar-refractivity contribution >= 4 is 28.7 Å². The van der Waals surface area contributed by atoms with Gasteiger partial charge in [-0.15, -0.1) is 0 Å². The van der Waals surface area contributed by atoms with Gasteiger partial charge in [0.2, 0.25) is 0 Å². The Hall–Kier alpha value is -2.21. The lowest BCUT2D eigenvalue weighted by molar-refractivity contribution is 0.0697. The normalized spacial score (nSPS) is 10.7. The molecule has 92 valence electrons. The maximum Gasteiger partial charge on any atom is 0.340 e. The molecule has 6 heteroatoms. The highest BCUT2D eigenvalue weighted by Gasteiger charge is 2.16. The van der Waals surface area contributed by atoms with E-state index in [0.717, 1.165) is 17.1 Å². The molecule has 0 unspecified atom stereocenters. The molecule has 1 aromatic heterocycles. The van der Waals surface area contributed by atoms with Gasteiger partial charge in [-0.1, -0.05) is 30.3 Å². The highest BCUT2D eigenvalue weighted by Crippen LogP contribution is 2.24. The van der Waals surface area contributed by atoms with E-state index in [1.165, 1.54) is 0 Å². The van der Waals surface area contributed by atoms with Crippen LogP contribution < -0.4 is 5.43 Å². The summed E-state index contributed by atoms with van der Waals surface area (Å²) in [5.74, 6) is -1.00. The van der Waals surface area contributed by atoms with Crippen LogP contribution in [0.3, 0.4) is 0 Å². The molecule has 0 atom stereocenters. The highest BCUT2D eigenvalue weighted by atomic mass is 32.1. The molecule has 0 aliphatic carbocycles. The van der Waals surface area contributed by atoms with Crippen molar-refractivity contribution < 1.29 is 9.90 Å². The molecule has 0 aliphatic rings. The van der Waals surface area contributed by atoms with E-state index in [2.05, 4.69) is 14.9 Å². The highest BCUT2D eigenvalue weighted by molar-refractivity contribution is 7.10. The average molecular weight is 261 g/mol. The maximum atomic E-state index is 11.0. The van der Waals surface area contributed by atoms with Crippen molar-refractivity contribution in [2.45, 2.75) is 6.92 Å². The summed E-state index contributed by atoms with van der Waals surface area (Å²) in [6.07, 6.45) is 1.63. The molecule has 0 fully saturated rings. The summed E-state index contributed by atoms with van der Waals surface area (Å²) in [5, 5.41) is 13.5. The first-order valence-electron chi connectivity index (χ1n) is 5.22. The van der Waals surface area contributed by atoms with Gasteiger partial charge in [-0.05, 0) is 24.0 Å². The van der Waals surface area contributed by atoms with Crippen molar-refractivity contribution in [2.75, 3.05) is 5.43 Å². The number of hydrogen-bond donors (Lipinski definition) is 2. The minimum atomic E-state index is -1.00. The van der Waals surface area contributed by atoms with Crippen LogP contribution in [0.2, 0.25) is 0 Å². The summed E-state index contributed by atoms with van der Waals surface area (Å²) in [7, 11) is 0. The SMILES string of the molecule is Cc1nsc(N/N=C/c2ccccc2)c1C(=O)O. The summed E-state index contributed by atoms with van der Waals surface area (Å²) in [4.78, 5) is 11.0. The first-order chi connectivity index (χ1) is 8.68. The van der Waals surface area contributed by atoms with E-state index in [4.69, 9.17) is 5.11 Å². The van der Waals surface area contributed by atoms with Gasteiger partial charge < -0.3 is 5.11 Å². The van der Waals surface area contributed by atoms with E-state index in [9.17, 15) is 4.79 Å². The summed E-state index contributed by atoms with van der Waals surface area (Å²) >= 11 is 1.08. The monoisotopic (exact) mass is 261 g/mol. The molecule has 18 heavy (non-hydrogen) atoms. The largest absolute Gasteiger partial charge is 0.478 e. The average Bonchev–Trinajstić information content (AvgIpc) is 2.72. The van der Waals surface area contributed by atoms with Crippen LogP contribution in [-0.2, 0) is 0 Å². The molecule has 0 aliphatic heterocycles. The molecule has 0 saturated heterocycles. The third kappa shape index (κ3) is 2.72. The van der Waals surface area contributed by atoms with E-state index >= 15 is 0 Å². The zero-order chi connectivity index (χ0) is 13.0. The summed E-state index contributed by atoms with van der Waals surface area (Å²) in [6.45, 7) is 1.66. The van der Waals surface area contributed by atoms with E-state index in [-0.39, 0.29) is 5.56 Å². The van der Waals surface area contributed by atoms with Gasteiger partial charge >= 0.3 is 5.97 Å². The lowest BCUT2D eigenvalue weighted by Crippen LogP contribution is -2.01. The number of hydrazone groups is 1. The fourth-order valence-corrected chi connectivity index (χ4v) is 2.14. The Morgan fingerprint density at radius 1 is 1.44 bits per heavy atom. The van der Waals surface area contributed by atoms with Crippen molar-refractivity contribution in [3.05, 3.63) is 47.2 Å².